The summed E-state index contributed by atoms with van der Waals surface area (Å²) in [5, 5.41) is 9.10. The van der Waals surface area contributed by atoms with Crippen LogP contribution in [0.3, 0.4) is 0 Å². The lowest BCUT2D eigenvalue weighted by Gasteiger charge is -2.37. The number of nitrogens with zero attached hydrogens (tertiary/aromatic N) is 1. The second kappa shape index (κ2) is 7.55. The van der Waals surface area contributed by atoms with E-state index in [0.717, 1.165) is 19.1 Å². The number of rotatable bonds is 8. The quantitative estimate of drug-likeness (QED) is 0.714. The molecule has 0 bridgehead atoms. The van der Waals surface area contributed by atoms with Gasteiger partial charge in [0.2, 0.25) is 0 Å². The van der Waals surface area contributed by atoms with Crippen molar-refractivity contribution < 1.29 is 5.11 Å². The zero-order valence-corrected chi connectivity index (χ0v) is 11.2. The van der Waals surface area contributed by atoms with Crippen LogP contribution in [0.25, 0.3) is 0 Å². The van der Waals surface area contributed by atoms with E-state index in [2.05, 4.69) is 35.2 Å². The minimum atomic E-state index is 0.301. The SMILES string of the molecule is OCCN(CCCCc1ccccc1)C1CCC1. The average molecular weight is 247 g/mol. The largest absolute Gasteiger partial charge is 0.395 e. The van der Waals surface area contributed by atoms with Gasteiger partial charge in [0.25, 0.3) is 0 Å². The standard InChI is InChI=1S/C16H25NO/c18-14-13-17(16-10-6-11-16)12-5-4-9-15-7-2-1-3-8-15/h1-3,7-8,16,18H,4-6,9-14H2. The number of benzene rings is 1. The molecule has 1 aliphatic rings. The molecule has 100 valence electrons. The molecule has 2 nitrogen and oxygen atoms in total. The highest BCUT2D eigenvalue weighted by Crippen LogP contribution is 2.24. The van der Waals surface area contributed by atoms with Gasteiger partial charge in [-0.25, -0.2) is 0 Å². The molecule has 0 aromatic heterocycles. The summed E-state index contributed by atoms with van der Waals surface area (Å²) in [6.45, 7) is 2.31. The van der Waals surface area contributed by atoms with Gasteiger partial charge in [0.15, 0.2) is 0 Å². The van der Waals surface area contributed by atoms with Gasteiger partial charge in [0.05, 0.1) is 6.61 Å². The Morgan fingerprint density at radius 2 is 1.83 bits per heavy atom. The van der Waals surface area contributed by atoms with Crippen molar-refractivity contribution in [1.82, 2.24) is 4.90 Å². The minimum Gasteiger partial charge on any atom is -0.395 e. The van der Waals surface area contributed by atoms with Crippen LogP contribution in [0.5, 0.6) is 0 Å². The summed E-state index contributed by atoms with van der Waals surface area (Å²) in [6, 6.07) is 11.5. The van der Waals surface area contributed by atoms with Gasteiger partial charge < -0.3 is 5.11 Å². The Hall–Kier alpha value is -0.860. The summed E-state index contributed by atoms with van der Waals surface area (Å²) in [5.41, 5.74) is 1.44. The topological polar surface area (TPSA) is 23.5 Å². The molecule has 0 aliphatic heterocycles. The molecule has 0 spiro atoms. The molecule has 1 aliphatic carbocycles. The second-order valence-electron chi connectivity index (χ2n) is 5.29. The maximum Gasteiger partial charge on any atom is 0.0558 e. The van der Waals surface area contributed by atoms with Gasteiger partial charge in [-0.3, -0.25) is 4.90 Å². The van der Waals surface area contributed by atoms with E-state index in [1.165, 1.54) is 44.1 Å². The number of hydrogen-bond donors (Lipinski definition) is 1. The molecule has 18 heavy (non-hydrogen) atoms. The van der Waals surface area contributed by atoms with E-state index in [1.54, 1.807) is 0 Å². The summed E-state index contributed by atoms with van der Waals surface area (Å²) in [7, 11) is 0. The third-order valence-electron chi connectivity index (χ3n) is 3.98. The number of aliphatic hydroxyl groups is 1. The Kier molecular flexibility index (Phi) is 5.69. The molecule has 0 heterocycles. The first kappa shape index (κ1) is 13.6. The Morgan fingerprint density at radius 1 is 1.06 bits per heavy atom. The lowest BCUT2D eigenvalue weighted by Crippen LogP contribution is -2.42. The zero-order chi connectivity index (χ0) is 12.6. The van der Waals surface area contributed by atoms with Crippen molar-refractivity contribution in [1.29, 1.82) is 0 Å². The van der Waals surface area contributed by atoms with Crippen molar-refractivity contribution >= 4 is 0 Å². The summed E-state index contributed by atoms with van der Waals surface area (Å²) in [6.07, 6.45) is 7.70. The molecular formula is C16H25NO. The fourth-order valence-electron chi connectivity index (χ4n) is 2.65. The number of aryl methyl sites for hydroxylation is 1. The summed E-state index contributed by atoms with van der Waals surface area (Å²) >= 11 is 0. The average Bonchev–Trinajstić information content (AvgIpc) is 2.34. The summed E-state index contributed by atoms with van der Waals surface area (Å²) in [4.78, 5) is 2.48. The fourth-order valence-corrected chi connectivity index (χ4v) is 2.65. The van der Waals surface area contributed by atoms with E-state index in [1.807, 2.05) is 0 Å². The smallest absolute Gasteiger partial charge is 0.0558 e. The first-order valence-electron chi connectivity index (χ1n) is 7.29. The minimum absolute atomic E-state index is 0.301. The lowest BCUT2D eigenvalue weighted by atomic mass is 9.91. The summed E-state index contributed by atoms with van der Waals surface area (Å²) in [5.74, 6) is 0. The number of unbranched alkanes of at least 4 members (excludes halogenated alkanes) is 1. The Balaban J connectivity index is 1.63. The highest BCUT2D eigenvalue weighted by Gasteiger charge is 2.23. The first-order chi connectivity index (χ1) is 8.90. The normalized spacial score (nSPS) is 15.9. The molecule has 0 atom stereocenters. The predicted octanol–water partition coefficient (Wildman–Crippen LogP) is 2.86. The molecule has 2 rings (SSSR count). The third kappa shape index (κ3) is 4.11. The Bertz CT molecular complexity index is 321. The van der Waals surface area contributed by atoms with Gasteiger partial charge in [0.1, 0.15) is 0 Å². The van der Waals surface area contributed by atoms with Crippen molar-refractivity contribution in [2.45, 2.75) is 44.6 Å². The maximum atomic E-state index is 9.10. The monoisotopic (exact) mass is 247 g/mol. The van der Waals surface area contributed by atoms with Crippen LogP contribution in [-0.2, 0) is 6.42 Å². The van der Waals surface area contributed by atoms with Crippen molar-refractivity contribution in [2.75, 3.05) is 19.7 Å². The van der Waals surface area contributed by atoms with Crippen LogP contribution in [0.15, 0.2) is 30.3 Å². The third-order valence-corrected chi connectivity index (χ3v) is 3.98. The van der Waals surface area contributed by atoms with Crippen molar-refractivity contribution in [3.05, 3.63) is 35.9 Å². The Labute approximate surface area is 111 Å². The van der Waals surface area contributed by atoms with E-state index in [0.29, 0.717) is 6.61 Å². The van der Waals surface area contributed by atoms with Gasteiger partial charge in [0, 0.05) is 12.6 Å². The van der Waals surface area contributed by atoms with Crippen molar-refractivity contribution in [3.63, 3.8) is 0 Å². The molecule has 1 saturated carbocycles. The van der Waals surface area contributed by atoms with E-state index >= 15 is 0 Å². The Morgan fingerprint density at radius 3 is 2.44 bits per heavy atom. The molecule has 1 fully saturated rings. The zero-order valence-electron chi connectivity index (χ0n) is 11.2. The van der Waals surface area contributed by atoms with Crippen LogP contribution in [-0.4, -0.2) is 35.7 Å². The van der Waals surface area contributed by atoms with Gasteiger partial charge >= 0.3 is 0 Å². The van der Waals surface area contributed by atoms with Crippen LogP contribution in [0.2, 0.25) is 0 Å². The number of hydrogen-bond acceptors (Lipinski definition) is 2. The van der Waals surface area contributed by atoms with Crippen LogP contribution in [0.4, 0.5) is 0 Å². The van der Waals surface area contributed by atoms with Gasteiger partial charge in [-0.2, -0.15) is 0 Å². The fraction of sp³-hybridized carbons (Fsp3) is 0.625. The van der Waals surface area contributed by atoms with Crippen LogP contribution in [0.1, 0.15) is 37.7 Å². The first-order valence-corrected chi connectivity index (χ1v) is 7.29. The van der Waals surface area contributed by atoms with Crippen LogP contribution < -0.4 is 0 Å². The van der Waals surface area contributed by atoms with Crippen molar-refractivity contribution in [3.8, 4) is 0 Å². The molecule has 0 unspecified atom stereocenters. The van der Waals surface area contributed by atoms with Crippen LogP contribution in [0, 0.1) is 0 Å². The molecule has 0 radical (unpaired) electrons. The maximum absolute atomic E-state index is 9.10. The highest BCUT2D eigenvalue weighted by molar-refractivity contribution is 5.14. The van der Waals surface area contributed by atoms with Gasteiger partial charge in [-0.1, -0.05) is 36.8 Å². The second-order valence-corrected chi connectivity index (χ2v) is 5.29. The predicted molar refractivity (Wildman–Crippen MR) is 75.7 cm³/mol. The van der Waals surface area contributed by atoms with E-state index in [-0.39, 0.29) is 0 Å². The molecule has 1 N–H and O–H groups in total. The van der Waals surface area contributed by atoms with Gasteiger partial charge in [-0.05, 0) is 44.2 Å². The molecule has 2 heteroatoms. The van der Waals surface area contributed by atoms with Crippen molar-refractivity contribution in [2.24, 2.45) is 0 Å². The molecule has 0 amide bonds. The molecule has 1 aromatic rings. The lowest BCUT2D eigenvalue weighted by molar-refractivity contribution is 0.0997. The van der Waals surface area contributed by atoms with Gasteiger partial charge in [-0.15, -0.1) is 0 Å². The highest BCUT2D eigenvalue weighted by atomic mass is 16.3. The summed E-state index contributed by atoms with van der Waals surface area (Å²) < 4.78 is 0. The van der Waals surface area contributed by atoms with E-state index in [4.69, 9.17) is 5.11 Å². The molecule has 1 aromatic carbocycles. The van der Waals surface area contributed by atoms with E-state index in [9.17, 15) is 0 Å². The molecule has 0 saturated heterocycles. The van der Waals surface area contributed by atoms with Crippen LogP contribution >= 0.6 is 0 Å². The number of aliphatic hydroxyl groups excluding tert-OH is 1. The van der Waals surface area contributed by atoms with E-state index < -0.39 is 0 Å². The molecular weight excluding hydrogens is 222 g/mol.